The highest BCUT2D eigenvalue weighted by Gasteiger charge is 2.07. The largest absolute Gasteiger partial charge is 0.462 e. The van der Waals surface area contributed by atoms with E-state index in [2.05, 4.69) is 5.16 Å². The molecule has 0 saturated carbocycles. The number of alkyl halides is 1. The van der Waals surface area contributed by atoms with Crippen LogP contribution in [0.15, 0.2) is 28.8 Å². The Labute approximate surface area is 80.2 Å². The molecule has 0 saturated heterocycles. The van der Waals surface area contributed by atoms with Crippen LogP contribution in [-0.4, -0.2) is 17.6 Å². The molecule has 68 valence electrons. The van der Waals surface area contributed by atoms with E-state index < -0.39 is 0 Å². The zero-order valence-electron chi connectivity index (χ0n) is 6.87. The molecule has 0 aliphatic heterocycles. The summed E-state index contributed by atoms with van der Waals surface area (Å²) in [4.78, 5) is 0. The summed E-state index contributed by atoms with van der Waals surface area (Å²) >= 11 is 5.48. The van der Waals surface area contributed by atoms with Crippen LogP contribution >= 0.6 is 11.6 Å². The Bertz CT molecular complexity index is 399. The minimum atomic E-state index is 0.431. The van der Waals surface area contributed by atoms with Gasteiger partial charge in [-0.05, 0) is 12.1 Å². The topological polar surface area (TPSA) is 35.3 Å². The van der Waals surface area contributed by atoms with Gasteiger partial charge < -0.3 is 9.26 Å². The molecule has 13 heavy (non-hydrogen) atoms. The normalized spacial score (nSPS) is 10.5. The molecule has 3 nitrogen and oxygen atoms in total. The van der Waals surface area contributed by atoms with Crippen LogP contribution in [-0.2, 0) is 0 Å². The van der Waals surface area contributed by atoms with Crippen molar-refractivity contribution in [3.05, 3.63) is 24.3 Å². The van der Waals surface area contributed by atoms with Gasteiger partial charge in [0.2, 0.25) is 0 Å². The van der Waals surface area contributed by atoms with Crippen molar-refractivity contribution in [2.24, 2.45) is 0 Å². The second-order valence-corrected chi connectivity index (χ2v) is 2.90. The predicted octanol–water partition coefficient (Wildman–Crippen LogP) is 2.45. The number of nitrogens with zero attached hydrogens (tertiary/aromatic N) is 1. The zero-order valence-corrected chi connectivity index (χ0v) is 7.62. The monoisotopic (exact) mass is 197 g/mol. The van der Waals surface area contributed by atoms with Gasteiger partial charge in [0.05, 0.1) is 11.3 Å². The maximum absolute atomic E-state index is 5.48. The third kappa shape index (κ3) is 1.60. The van der Waals surface area contributed by atoms with Crippen molar-refractivity contribution in [2.75, 3.05) is 12.5 Å². The molecular formula is C9H8ClNO2. The molecule has 0 fully saturated rings. The van der Waals surface area contributed by atoms with Gasteiger partial charge >= 0.3 is 5.95 Å². The second kappa shape index (κ2) is 3.66. The molecule has 0 aliphatic carbocycles. The molecule has 0 amide bonds. The Morgan fingerprint density at radius 2 is 2.23 bits per heavy atom. The van der Waals surface area contributed by atoms with Gasteiger partial charge in [-0.3, -0.25) is 0 Å². The first-order chi connectivity index (χ1) is 6.42. The lowest BCUT2D eigenvalue weighted by molar-refractivity contribution is 0.231. The lowest BCUT2D eigenvalue weighted by atomic mass is 10.2. The van der Waals surface area contributed by atoms with E-state index >= 15 is 0 Å². The number of benzene rings is 1. The Kier molecular flexibility index (Phi) is 2.36. The van der Waals surface area contributed by atoms with E-state index in [-0.39, 0.29) is 0 Å². The van der Waals surface area contributed by atoms with Gasteiger partial charge in [-0.1, -0.05) is 17.3 Å². The Balaban J connectivity index is 2.35. The smallest absolute Gasteiger partial charge is 0.319 e. The number of hydrogen-bond acceptors (Lipinski definition) is 3. The SMILES string of the molecule is ClCCOc1onc2ccccc12. The minimum Gasteiger partial charge on any atom is -0.462 e. The Hall–Kier alpha value is -1.22. The Morgan fingerprint density at radius 3 is 3.08 bits per heavy atom. The fraction of sp³-hybridized carbons (Fsp3) is 0.222. The summed E-state index contributed by atoms with van der Waals surface area (Å²) in [7, 11) is 0. The van der Waals surface area contributed by atoms with Crippen LogP contribution in [0.4, 0.5) is 0 Å². The van der Waals surface area contributed by atoms with Crippen LogP contribution in [0.2, 0.25) is 0 Å². The molecule has 0 aliphatic rings. The van der Waals surface area contributed by atoms with Gasteiger partial charge in [-0.25, -0.2) is 0 Å². The van der Waals surface area contributed by atoms with E-state index in [4.69, 9.17) is 20.9 Å². The van der Waals surface area contributed by atoms with E-state index in [1.807, 2.05) is 24.3 Å². The summed E-state index contributed by atoms with van der Waals surface area (Å²) in [5, 5.41) is 4.71. The molecule has 1 heterocycles. The van der Waals surface area contributed by atoms with Crippen molar-refractivity contribution in [3.63, 3.8) is 0 Å². The van der Waals surface area contributed by atoms with Gasteiger partial charge in [-0.15, -0.1) is 11.6 Å². The lowest BCUT2D eigenvalue weighted by Gasteiger charge is -1.96. The van der Waals surface area contributed by atoms with Crippen LogP contribution in [0.5, 0.6) is 5.95 Å². The van der Waals surface area contributed by atoms with Crippen LogP contribution < -0.4 is 4.74 Å². The highest BCUT2D eigenvalue weighted by Crippen LogP contribution is 2.24. The Morgan fingerprint density at radius 1 is 1.38 bits per heavy atom. The third-order valence-corrected chi connectivity index (χ3v) is 1.82. The fourth-order valence-electron chi connectivity index (χ4n) is 1.10. The molecule has 2 aromatic rings. The molecule has 4 heteroatoms. The molecule has 2 rings (SSSR count). The molecule has 0 bridgehead atoms. The average molecular weight is 198 g/mol. The molecule has 1 aromatic heterocycles. The molecular weight excluding hydrogens is 190 g/mol. The standard InChI is InChI=1S/C9H8ClNO2/c10-5-6-12-9-7-3-1-2-4-8(7)11-13-9/h1-4H,5-6H2. The van der Waals surface area contributed by atoms with Gasteiger partial charge in [0.1, 0.15) is 12.1 Å². The quantitative estimate of drug-likeness (QED) is 0.709. The third-order valence-electron chi connectivity index (χ3n) is 1.66. The number of hydrogen-bond donors (Lipinski definition) is 0. The summed E-state index contributed by atoms with van der Waals surface area (Å²) in [6.07, 6.45) is 0. The number of ether oxygens (including phenoxy) is 1. The van der Waals surface area contributed by atoms with Crippen LogP contribution in [0, 0.1) is 0 Å². The molecule has 0 N–H and O–H groups in total. The summed E-state index contributed by atoms with van der Waals surface area (Å²) in [6, 6.07) is 7.57. The predicted molar refractivity (Wildman–Crippen MR) is 50.2 cm³/mol. The molecule has 0 spiro atoms. The fourth-order valence-corrected chi connectivity index (χ4v) is 1.18. The second-order valence-electron chi connectivity index (χ2n) is 2.52. The highest BCUT2D eigenvalue weighted by atomic mass is 35.5. The first-order valence-electron chi connectivity index (χ1n) is 3.95. The summed E-state index contributed by atoms with van der Waals surface area (Å²) in [5.41, 5.74) is 0.798. The number of rotatable bonds is 3. The zero-order chi connectivity index (χ0) is 9.10. The van der Waals surface area contributed by atoms with Crippen molar-refractivity contribution < 1.29 is 9.26 Å². The van der Waals surface area contributed by atoms with Gasteiger partial charge in [0.25, 0.3) is 0 Å². The number of aromatic nitrogens is 1. The van der Waals surface area contributed by atoms with Crippen molar-refractivity contribution in [3.8, 4) is 5.95 Å². The van der Waals surface area contributed by atoms with Gasteiger partial charge in [0, 0.05) is 0 Å². The minimum absolute atomic E-state index is 0.431. The van der Waals surface area contributed by atoms with Crippen molar-refractivity contribution >= 4 is 22.5 Å². The van der Waals surface area contributed by atoms with E-state index in [9.17, 15) is 0 Å². The van der Waals surface area contributed by atoms with E-state index in [1.165, 1.54) is 0 Å². The van der Waals surface area contributed by atoms with Crippen molar-refractivity contribution in [1.82, 2.24) is 5.16 Å². The van der Waals surface area contributed by atoms with Gasteiger partial charge in [0.15, 0.2) is 0 Å². The van der Waals surface area contributed by atoms with Crippen LogP contribution in [0.3, 0.4) is 0 Å². The lowest BCUT2D eigenvalue weighted by Crippen LogP contribution is -1.96. The average Bonchev–Trinajstić information content (AvgIpc) is 2.58. The molecule has 0 radical (unpaired) electrons. The number of fused-ring (bicyclic) bond motifs is 1. The molecule has 0 atom stereocenters. The number of halogens is 1. The summed E-state index contributed by atoms with van der Waals surface area (Å²) in [5.74, 6) is 0.880. The van der Waals surface area contributed by atoms with Crippen LogP contribution in [0.1, 0.15) is 0 Å². The first-order valence-corrected chi connectivity index (χ1v) is 4.48. The van der Waals surface area contributed by atoms with Gasteiger partial charge in [-0.2, -0.15) is 0 Å². The molecule has 1 aromatic carbocycles. The van der Waals surface area contributed by atoms with Crippen molar-refractivity contribution in [2.45, 2.75) is 0 Å². The first kappa shape index (κ1) is 8.38. The highest BCUT2D eigenvalue weighted by molar-refractivity contribution is 6.18. The maximum Gasteiger partial charge on any atom is 0.319 e. The molecule has 0 unspecified atom stereocenters. The van der Waals surface area contributed by atoms with E-state index in [1.54, 1.807) is 0 Å². The van der Waals surface area contributed by atoms with E-state index in [0.717, 1.165) is 10.9 Å². The maximum atomic E-state index is 5.48. The summed E-state index contributed by atoms with van der Waals surface area (Å²) in [6.45, 7) is 0.431. The van der Waals surface area contributed by atoms with Crippen molar-refractivity contribution in [1.29, 1.82) is 0 Å². The van der Waals surface area contributed by atoms with Crippen LogP contribution in [0.25, 0.3) is 10.9 Å². The van der Waals surface area contributed by atoms with E-state index in [0.29, 0.717) is 18.4 Å². The summed E-state index contributed by atoms with van der Waals surface area (Å²) < 4.78 is 10.2.